The number of nitrogens with one attached hydrogen (secondary N) is 3. The molecule has 3 unspecified atom stereocenters. The van der Waals surface area contributed by atoms with Crippen LogP contribution in [0, 0.1) is 11.8 Å². The molecule has 0 aromatic rings. The summed E-state index contributed by atoms with van der Waals surface area (Å²) in [5.74, 6) is 0.173. The number of likely N-dealkylation sites (tertiary alicyclic amines) is 1. The van der Waals surface area contributed by atoms with Gasteiger partial charge in [0.2, 0.25) is 15.9 Å². The lowest BCUT2D eigenvalue weighted by atomic mass is 9.83. The van der Waals surface area contributed by atoms with Gasteiger partial charge < -0.3 is 10.1 Å². The second-order valence-corrected chi connectivity index (χ2v) is 13.0. The number of rotatable bonds is 13. The summed E-state index contributed by atoms with van der Waals surface area (Å²) < 4.78 is 42.5. The topological polar surface area (TPSA) is 126 Å². The molecule has 1 amide bonds. The maximum absolute atomic E-state index is 14.7. The Labute approximate surface area is 220 Å². The fourth-order valence-electron chi connectivity index (χ4n) is 5.49. The number of halogens is 2. The van der Waals surface area contributed by atoms with Crippen molar-refractivity contribution in [2.45, 2.75) is 88.2 Å². The van der Waals surface area contributed by atoms with Crippen LogP contribution in [0.15, 0.2) is 0 Å². The molecule has 0 radical (unpaired) electrons. The van der Waals surface area contributed by atoms with E-state index in [2.05, 4.69) is 20.9 Å². The highest BCUT2D eigenvalue weighted by atomic mass is 35.5. The number of carbonyl (C=O) groups is 1. The lowest BCUT2D eigenvalue weighted by molar-refractivity contribution is -0.123. The smallest absolute Gasteiger partial charge is 0.220 e. The molecule has 5 N–H and O–H groups in total. The molecule has 1 aliphatic carbocycles. The van der Waals surface area contributed by atoms with E-state index >= 15 is 0 Å². The molecule has 0 spiro atoms. The van der Waals surface area contributed by atoms with Crippen molar-refractivity contribution in [2.75, 3.05) is 45.1 Å². The molecule has 3 aliphatic rings. The largest absolute Gasteiger partial charge is 0.378 e. The molecule has 1 saturated carbocycles. The number of piperidine rings is 1. The molecule has 2 heterocycles. The lowest BCUT2D eigenvalue weighted by Gasteiger charge is -2.41. The van der Waals surface area contributed by atoms with Crippen LogP contribution in [0.2, 0.25) is 0 Å². The van der Waals surface area contributed by atoms with Crippen LogP contribution in [0.1, 0.15) is 64.2 Å². The van der Waals surface area contributed by atoms with E-state index in [9.17, 15) is 17.6 Å². The molecule has 0 bridgehead atoms. The van der Waals surface area contributed by atoms with Gasteiger partial charge in [-0.3, -0.25) is 20.3 Å². The van der Waals surface area contributed by atoms with Crippen LogP contribution in [0.4, 0.5) is 4.39 Å². The van der Waals surface area contributed by atoms with Crippen molar-refractivity contribution in [1.82, 2.24) is 20.9 Å². The summed E-state index contributed by atoms with van der Waals surface area (Å²) in [4.78, 5) is 14.6. The van der Waals surface area contributed by atoms with Crippen LogP contribution in [0.25, 0.3) is 0 Å². The Kier molecular flexibility index (Phi) is 12.6. The Morgan fingerprint density at radius 3 is 2.50 bits per heavy atom. The average Bonchev–Trinajstić information content (AvgIpc) is 2.83. The number of nitrogens with two attached hydrogens (primary N) is 1. The van der Waals surface area contributed by atoms with Crippen LogP contribution in [-0.4, -0.2) is 88.3 Å². The lowest BCUT2D eigenvalue weighted by Crippen LogP contribution is -2.62. The molecule has 3 fully saturated rings. The molecule has 12 heteroatoms. The summed E-state index contributed by atoms with van der Waals surface area (Å²) in [6, 6.07) is 0. The summed E-state index contributed by atoms with van der Waals surface area (Å²) in [5, 5.41) is 14.8. The van der Waals surface area contributed by atoms with E-state index in [0.29, 0.717) is 38.8 Å². The molecule has 2 aliphatic heterocycles. The van der Waals surface area contributed by atoms with Gasteiger partial charge in [-0.25, -0.2) is 17.9 Å². The maximum Gasteiger partial charge on any atom is 0.220 e. The van der Waals surface area contributed by atoms with Crippen molar-refractivity contribution in [3.05, 3.63) is 0 Å². The fourth-order valence-corrected chi connectivity index (χ4v) is 6.28. The third kappa shape index (κ3) is 11.0. The van der Waals surface area contributed by atoms with Gasteiger partial charge in [0, 0.05) is 52.2 Å². The summed E-state index contributed by atoms with van der Waals surface area (Å²) in [6.07, 6.45) is 6.57. The van der Waals surface area contributed by atoms with Gasteiger partial charge in [-0.15, -0.1) is 11.6 Å². The quantitative estimate of drug-likeness (QED) is 0.202. The van der Waals surface area contributed by atoms with Crippen LogP contribution in [0.3, 0.4) is 0 Å². The van der Waals surface area contributed by atoms with Crippen LogP contribution in [0.5, 0.6) is 0 Å². The molecule has 3 rings (SSSR count). The van der Waals surface area contributed by atoms with Gasteiger partial charge in [0.1, 0.15) is 12.5 Å². The van der Waals surface area contributed by atoms with Crippen molar-refractivity contribution in [3.63, 3.8) is 0 Å². The van der Waals surface area contributed by atoms with Crippen LogP contribution in [-0.2, 0) is 19.6 Å². The standard InChI is InChI=1S/C24H45ClFN5O4S/c25-20-16-29-24(30-17-20)31-10-7-18(8-11-31)4-3-12-35-21-6-5-19(22(26)15-21)14-23(32)28-9-1-2-13-36(27,33)34/h18-22,24,29-30H,1-17H2,(H,28,32)(H2,27,33,34). The Bertz CT molecular complexity index is 764. The van der Waals surface area contributed by atoms with Gasteiger partial charge in [-0.1, -0.05) is 0 Å². The number of alkyl halides is 2. The van der Waals surface area contributed by atoms with Gasteiger partial charge >= 0.3 is 0 Å². The molecule has 36 heavy (non-hydrogen) atoms. The molecular weight excluding hydrogens is 509 g/mol. The molecular formula is C24H45ClFN5O4S. The van der Waals surface area contributed by atoms with E-state index in [1.807, 2.05) is 0 Å². The van der Waals surface area contributed by atoms with Gasteiger partial charge in [-0.2, -0.15) is 0 Å². The van der Waals surface area contributed by atoms with E-state index in [0.717, 1.165) is 51.4 Å². The first kappa shape index (κ1) is 30.0. The molecule has 3 atom stereocenters. The summed E-state index contributed by atoms with van der Waals surface area (Å²) in [7, 11) is -3.47. The Balaban J connectivity index is 1.20. The van der Waals surface area contributed by atoms with Crippen LogP contribution >= 0.6 is 11.6 Å². The third-order valence-corrected chi connectivity index (χ3v) is 8.84. The zero-order chi connectivity index (χ0) is 26.0. The zero-order valence-electron chi connectivity index (χ0n) is 21.3. The number of amides is 1. The van der Waals surface area contributed by atoms with Crippen molar-refractivity contribution < 1.29 is 22.3 Å². The first-order chi connectivity index (χ1) is 17.2. The SMILES string of the molecule is NS(=O)(=O)CCCCNC(=O)CC1CCC(OCCCC2CCN(C3NCC(Cl)CN3)CC2)CC1F. The minimum atomic E-state index is -3.47. The number of primary sulfonamides is 1. The first-order valence-corrected chi connectivity index (χ1v) is 15.7. The molecule has 210 valence electrons. The van der Waals surface area contributed by atoms with Crippen molar-refractivity contribution in [3.8, 4) is 0 Å². The highest BCUT2D eigenvalue weighted by Gasteiger charge is 2.32. The second kappa shape index (κ2) is 15.1. The van der Waals surface area contributed by atoms with Crippen molar-refractivity contribution >= 4 is 27.5 Å². The summed E-state index contributed by atoms with van der Waals surface area (Å²) in [5.41, 5.74) is 0. The Hall–Kier alpha value is -0.560. The molecule has 9 nitrogen and oxygen atoms in total. The van der Waals surface area contributed by atoms with Crippen molar-refractivity contribution in [2.24, 2.45) is 17.0 Å². The van der Waals surface area contributed by atoms with E-state index in [4.69, 9.17) is 21.5 Å². The summed E-state index contributed by atoms with van der Waals surface area (Å²) in [6.45, 7) is 4.91. The van der Waals surface area contributed by atoms with E-state index < -0.39 is 16.2 Å². The highest BCUT2D eigenvalue weighted by molar-refractivity contribution is 7.89. The molecule has 0 aromatic carbocycles. The highest BCUT2D eigenvalue weighted by Crippen LogP contribution is 2.31. The summed E-state index contributed by atoms with van der Waals surface area (Å²) >= 11 is 6.13. The van der Waals surface area contributed by atoms with E-state index in [-0.39, 0.29) is 41.8 Å². The number of unbranched alkanes of at least 4 members (excludes halogenated alkanes) is 1. The minimum absolute atomic E-state index is 0.0615. The average molecular weight is 554 g/mol. The van der Waals surface area contributed by atoms with Gasteiger partial charge in [-0.05, 0) is 63.2 Å². The fraction of sp³-hybridized carbons (Fsp3) is 0.958. The third-order valence-electron chi connectivity index (χ3n) is 7.67. The zero-order valence-corrected chi connectivity index (χ0v) is 22.9. The van der Waals surface area contributed by atoms with Gasteiger partial charge in [0.15, 0.2) is 0 Å². The normalized spacial score (nSPS) is 30.8. The predicted molar refractivity (Wildman–Crippen MR) is 140 cm³/mol. The Morgan fingerprint density at radius 2 is 1.83 bits per heavy atom. The predicted octanol–water partition coefficient (Wildman–Crippen LogP) is 1.66. The van der Waals surface area contributed by atoms with Gasteiger partial charge in [0.25, 0.3) is 0 Å². The van der Waals surface area contributed by atoms with Crippen molar-refractivity contribution in [1.29, 1.82) is 0 Å². The van der Waals surface area contributed by atoms with E-state index in [1.54, 1.807) is 0 Å². The maximum atomic E-state index is 14.7. The number of sulfonamides is 1. The number of ether oxygens (including phenoxy) is 1. The van der Waals surface area contributed by atoms with Gasteiger partial charge in [0.05, 0.1) is 17.2 Å². The van der Waals surface area contributed by atoms with Crippen LogP contribution < -0.4 is 21.1 Å². The number of hydrogen-bond acceptors (Lipinski definition) is 7. The van der Waals surface area contributed by atoms with E-state index in [1.165, 1.54) is 12.8 Å². The first-order valence-electron chi connectivity index (χ1n) is 13.6. The number of hydrogen-bond donors (Lipinski definition) is 4. The monoisotopic (exact) mass is 553 g/mol. The number of carbonyl (C=O) groups excluding carboxylic acids is 1. The second-order valence-electron chi connectivity index (χ2n) is 10.6. The minimum Gasteiger partial charge on any atom is -0.378 e. The molecule has 0 aromatic heterocycles. The number of nitrogens with zero attached hydrogens (tertiary/aromatic N) is 1. The molecule has 2 saturated heterocycles. The Morgan fingerprint density at radius 1 is 1.11 bits per heavy atom.